The number of nitrogens with zero attached hydrogens (tertiary/aromatic N) is 5. The number of morpholine rings is 1. The maximum atomic E-state index is 9.19. The zero-order valence-corrected chi connectivity index (χ0v) is 11.9. The van der Waals surface area contributed by atoms with Crippen molar-refractivity contribution in [2.24, 2.45) is 12.9 Å². The van der Waals surface area contributed by atoms with Crippen molar-refractivity contribution in [3.8, 4) is 0 Å². The van der Waals surface area contributed by atoms with Crippen LogP contribution in [0.3, 0.4) is 0 Å². The molecule has 1 unspecified atom stereocenters. The van der Waals surface area contributed by atoms with Gasteiger partial charge < -0.3 is 15.3 Å². The Bertz CT molecular complexity index is 629. The van der Waals surface area contributed by atoms with Gasteiger partial charge in [0.1, 0.15) is 5.82 Å². The molecule has 0 saturated carbocycles. The minimum atomic E-state index is -0.147. The first-order valence-electron chi connectivity index (χ1n) is 6.81. The Morgan fingerprint density at radius 3 is 3.14 bits per heavy atom. The minimum absolute atomic E-state index is 0.0216. The Morgan fingerprint density at radius 1 is 1.52 bits per heavy atom. The standard InChI is InChI=1S/C12H19N7O2/c1-18-12-9(4-14-18)11(17-13)15-10(16-12)6-19-2-3-21-8(5-19)7-20/h4,8,20H,2-3,5-7,13H2,1H3,(H,15,16,17). The fourth-order valence-electron chi connectivity index (χ4n) is 2.48. The number of aryl methyl sites for hydroxylation is 1. The van der Waals surface area contributed by atoms with Crippen LogP contribution in [-0.4, -0.2) is 62.2 Å². The van der Waals surface area contributed by atoms with Crippen molar-refractivity contribution in [3.63, 3.8) is 0 Å². The van der Waals surface area contributed by atoms with Gasteiger partial charge >= 0.3 is 0 Å². The molecule has 9 heteroatoms. The van der Waals surface area contributed by atoms with Gasteiger partial charge in [-0.25, -0.2) is 15.8 Å². The summed E-state index contributed by atoms with van der Waals surface area (Å²) < 4.78 is 7.13. The Kier molecular flexibility index (Phi) is 3.97. The highest BCUT2D eigenvalue weighted by Crippen LogP contribution is 2.19. The van der Waals surface area contributed by atoms with Crippen molar-refractivity contribution in [1.82, 2.24) is 24.6 Å². The molecule has 2 aromatic heterocycles. The quantitative estimate of drug-likeness (QED) is 0.478. The van der Waals surface area contributed by atoms with E-state index in [2.05, 4.69) is 25.4 Å². The van der Waals surface area contributed by atoms with Crippen molar-refractivity contribution in [1.29, 1.82) is 0 Å². The molecule has 0 aliphatic carbocycles. The van der Waals surface area contributed by atoms with E-state index in [1.165, 1.54) is 0 Å². The molecule has 114 valence electrons. The fourth-order valence-corrected chi connectivity index (χ4v) is 2.48. The van der Waals surface area contributed by atoms with E-state index in [9.17, 15) is 5.11 Å². The lowest BCUT2D eigenvalue weighted by Crippen LogP contribution is -2.43. The van der Waals surface area contributed by atoms with Gasteiger partial charge in [-0.1, -0.05) is 0 Å². The average molecular weight is 293 g/mol. The first-order valence-corrected chi connectivity index (χ1v) is 6.81. The van der Waals surface area contributed by atoms with Crippen LogP contribution < -0.4 is 11.3 Å². The summed E-state index contributed by atoms with van der Waals surface area (Å²) in [6.07, 6.45) is 1.54. The summed E-state index contributed by atoms with van der Waals surface area (Å²) in [6, 6.07) is 0. The highest BCUT2D eigenvalue weighted by molar-refractivity contribution is 5.86. The molecule has 1 aliphatic rings. The molecule has 0 aromatic carbocycles. The van der Waals surface area contributed by atoms with Crippen molar-refractivity contribution in [2.75, 3.05) is 31.7 Å². The Hall–Kier alpha value is -1.81. The molecular formula is C12H19N7O2. The first kappa shape index (κ1) is 14.1. The molecule has 1 fully saturated rings. The summed E-state index contributed by atoms with van der Waals surface area (Å²) >= 11 is 0. The van der Waals surface area contributed by atoms with E-state index in [1.54, 1.807) is 10.9 Å². The highest BCUT2D eigenvalue weighted by atomic mass is 16.5. The number of fused-ring (bicyclic) bond motifs is 1. The number of hydrazine groups is 1. The van der Waals surface area contributed by atoms with Crippen molar-refractivity contribution >= 4 is 16.9 Å². The maximum absolute atomic E-state index is 9.19. The second-order valence-corrected chi connectivity index (χ2v) is 5.05. The molecule has 1 saturated heterocycles. The van der Waals surface area contributed by atoms with E-state index in [4.69, 9.17) is 10.6 Å². The summed E-state index contributed by atoms with van der Waals surface area (Å²) in [5, 5.41) is 14.1. The summed E-state index contributed by atoms with van der Waals surface area (Å²) in [5.41, 5.74) is 3.33. The number of aliphatic hydroxyl groups excluding tert-OH is 1. The SMILES string of the molecule is Cn1ncc2c(NN)nc(CN3CCOC(CO)C3)nc21. The first-order chi connectivity index (χ1) is 10.2. The average Bonchev–Trinajstić information content (AvgIpc) is 2.88. The number of nitrogens with one attached hydrogen (secondary N) is 1. The summed E-state index contributed by atoms with van der Waals surface area (Å²) in [4.78, 5) is 11.1. The molecular weight excluding hydrogens is 274 g/mol. The van der Waals surface area contributed by atoms with Gasteiger partial charge in [0, 0.05) is 20.1 Å². The van der Waals surface area contributed by atoms with E-state index >= 15 is 0 Å². The van der Waals surface area contributed by atoms with Gasteiger partial charge in [-0.3, -0.25) is 9.58 Å². The minimum Gasteiger partial charge on any atom is -0.394 e. The van der Waals surface area contributed by atoms with Crippen molar-refractivity contribution in [2.45, 2.75) is 12.6 Å². The number of ether oxygens (including phenoxy) is 1. The number of anilines is 1. The van der Waals surface area contributed by atoms with E-state index in [1.807, 2.05) is 7.05 Å². The predicted molar refractivity (Wildman–Crippen MR) is 76.2 cm³/mol. The maximum Gasteiger partial charge on any atom is 0.163 e. The van der Waals surface area contributed by atoms with E-state index < -0.39 is 0 Å². The Labute approximate surface area is 121 Å². The topological polar surface area (TPSA) is 114 Å². The van der Waals surface area contributed by atoms with E-state index in [0.717, 1.165) is 17.6 Å². The molecule has 0 bridgehead atoms. The molecule has 0 spiro atoms. The summed E-state index contributed by atoms with van der Waals surface area (Å²) in [7, 11) is 1.83. The van der Waals surface area contributed by atoms with Gasteiger partial charge in [-0.05, 0) is 0 Å². The van der Waals surface area contributed by atoms with Crippen LogP contribution in [0.25, 0.3) is 11.0 Å². The molecule has 3 rings (SSSR count). The lowest BCUT2D eigenvalue weighted by atomic mass is 10.3. The fraction of sp³-hybridized carbons (Fsp3) is 0.583. The van der Waals surface area contributed by atoms with Gasteiger partial charge in [0.05, 0.1) is 37.4 Å². The number of nitrogens with two attached hydrogens (primary N) is 1. The monoisotopic (exact) mass is 293 g/mol. The molecule has 2 aromatic rings. The molecule has 1 aliphatic heterocycles. The zero-order valence-electron chi connectivity index (χ0n) is 11.9. The Morgan fingerprint density at radius 2 is 2.38 bits per heavy atom. The number of hydrogen-bond donors (Lipinski definition) is 3. The molecule has 3 heterocycles. The largest absolute Gasteiger partial charge is 0.394 e. The van der Waals surface area contributed by atoms with Crippen LogP contribution in [0, 0.1) is 0 Å². The van der Waals surface area contributed by atoms with Gasteiger partial charge in [0.2, 0.25) is 0 Å². The van der Waals surface area contributed by atoms with Crippen molar-refractivity contribution in [3.05, 3.63) is 12.0 Å². The third-order valence-corrected chi connectivity index (χ3v) is 3.57. The van der Waals surface area contributed by atoms with Crippen LogP contribution in [-0.2, 0) is 18.3 Å². The number of aromatic nitrogens is 4. The molecule has 1 atom stereocenters. The number of hydrogen-bond acceptors (Lipinski definition) is 8. The van der Waals surface area contributed by atoms with Crippen LogP contribution in [0.1, 0.15) is 5.82 Å². The van der Waals surface area contributed by atoms with Crippen LogP contribution in [0.2, 0.25) is 0 Å². The second kappa shape index (κ2) is 5.90. The third kappa shape index (κ3) is 2.81. The number of rotatable bonds is 4. The lowest BCUT2D eigenvalue weighted by molar-refractivity contribution is -0.0556. The highest BCUT2D eigenvalue weighted by Gasteiger charge is 2.21. The smallest absolute Gasteiger partial charge is 0.163 e. The molecule has 4 N–H and O–H groups in total. The second-order valence-electron chi connectivity index (χ2n) is 5.05. The van der Waals surface area contributed by atoms with E-state index in [0.29, 0.717) is 31.3 Å². The van der Waals surface area contributed by atoms with Gasteiger partial charge in [-0.15, -0.1) is 0 Å². The van der Waals surface area contributed by atoms with Gasteiger partial charge in [-0.2, -0.15) is 5.10 Å². The normalized spacial score (nSPS) is 20.0. The number of aliphatic hydroxyl groups is 1. The third-order valence-electron chi connectivity index (χ3n) is 3.57. The lowest BCUT2D eigenvalue weighted by Gasteiger charge is -2.31. The zero-order chi connectivity index (χ0) is 14.8. The van der Waals surface area contributed by atoms with Gasteiger partial charge in [0.25, 0.3) is 0 Å². The van der Waals surface area contributed by atoms with E-state index in [-0.39, 0.29) is 12.7 Å². The molecule has 9 nitrogen and oxygen atoms in total. The summed E-state index contributed by atoms with van der Waals surface area (Å²) in [6.45, 7) is 2.65. The Balaban J connectivity index is 1.84. The van der Waals surface area contributed by atoms with Gasteiger partial charge in [0.15, 0.2) is 11.5 Å². The predicted octanol–water partition coefficient (Wildman–Crippen LogP) is -1.16. The van der Waals surface area contributed by atoms with Crippen LogP contribution >= 0.6 is 0 Å². The van der Waals surface area contributed by atoms with Crippen LogP contribution in [0.15, 0.2) is 6.20 Å². The van der Waals surface area contributed by atoms with Crippen LogP contribution in [0.5, 0.6) is 0 Å². The van der Waals surface area contributed by atoms with Crippen LogP contribution in [0.4, 0.5) is 5.82 Å². The van der Waals surface area contributed by atoms with Crippen molar-refractivity contribution < 1.29 is 9.84 Å². The number of nitrogen functional groups attached to an aromatic ring is 1. The molecule has 0 radical (unpaired) electrons. The molecule has 0 amide bonds. The summed E-state index contributed by atoms with van der Waals surface area (Å²) in [5.74, 6) is 6.76. The molecule has 21 heavy (non-hydrogen) atoms.